The molecule has 3 heterocycles. The quantitative estimate of drug-likeness (QED) is 0.765. The van der Waals surface area contributed by atoms with Gasteiger partial charge in [0.05, 0.1) is 18.4 Å². The van der Waals surface area contributed by atoms with Crippen LogP contribution < -0.4 is 11.1 Å². The second-order valence-corrected chi connectivity index (χ2v) is 7.66. The number of aryl methyl sites for hydroxylation is 1. The van der Waals surface area contributed by atoms with Gasteiger partial charge in [0.1, 0.15) is 11.9 Å². The molecule has 28 heavy (non-hydrogen) atoms. The first kappa shape index (κ1) is 20.2. The number of hydrogen-bond donors (Lipinski definition) is 2. The van der Waals surface area contributed by atoms with Gasteiger partial charge in [0.15, 0.2) is 0 Å². The zero-order chi connectivity index (χ0) is 20.4. The first-order chi connectivity index (χ1) is 13.4. The molecule has 9 heteroatoms. The van der Waals surface area contributed by atoms with Crippen LogP contribution in [0.4, 0.5) is 9.59 Å². The summed E-state index contributed by atoms with van der Waals surface area (Å²) in [4.78, 5) is 45.0. The lowest BCUT2D eigenvalue weighted by Crippen LogP contribution is -2.56. The number of primary amides is 1. The molecule has 0 aliphatic carbocycles. The molecule has 0 saturated carbocycles. The monoisotopic (exact) mass is 390 g/mol. The van der Waals surface area contributed by atoms with E-state index in [1.807, 2.05) is 25.7 Å². The van der Waals surface area contributed by atoms with Crippen LogP contribution in [0.2, 0.25) is 0 Å². The molecule has 4 amide bonds. The number of carbonyl (C=O) groups is 3. The minimum absolute atomic E-state index is 0.0277. The van der Waals surface area contributed by atoms with Gasteiger partial charge in [-0.05, 0) is 25.7 Å². The zero-order valence-electron chi connectivity index (χ0n) is 16.9. The van der Waals surface area contributed by atoms with Crippen LogP contribution in [0, 0.1) is 12.8 Å². The highest BCUT2D eigenvalue weighted by Gasteiger charge is 2.38. The van der Waals surface area contributed by atoms with Gasteiger partial charge in [-0.1, -0.05) is 26.7 Å². The van der Waals surface area contributed by atoms with Gasteiger partial charge in [-0.25, -0.2) is 14.6 Å². The Balaban J connectivity index is 1.62. The molecule has 1 aromatic heterocycles. The maximum atomic E-state index is 13.0. The summed E-state index contributed by atoms with van der Waals surface area (Å²) in [5, 5.41) is 2.64. The summed E-state index contributed by atoms with van der Waals surface area (Å²) in [5.41, 5.74) is 6.22. The summed E-state index contributed by atoms with van der Waals surface area (Å²) in [5.74, 6) is 0.685. The summed E-state index contributed by atoms with van der Waals surface area (Å²) in [6.45, 7) is 7.55. The van der Waals surface area contributed by atoms with Crippen LogP contribution in [0.25, 0.3) is 0 Å². The van der Waals surface area contributed by atoms with Crippen molar-refractivity contribution in [2.75, 3.05) is 13.1 Å². The molecule has 1 atom stereocenters. The number of hydrogen-bond acceptors (Lipinski definition) is 4. The topological polar surface area (TPSA) is 114 Å². The number of imidazole rings is 1. The Labute approximate surface area is 165 Å². The summed E-state index contributed by atoms with van der Waals surface area (Å²) in [7, 11) is 0. The second kappa shape index (κ2) is 8.20. The number of nitrogens with zero attached hydrogens (tertiary/aromatic N) is 4. The largest absolute Gasteiger partial charge is 0.352 e. The van der Waals surface area contributed by atoms with Crippen molar-refractivity contribution in [3.05, 3.63) is 17.7 Å². The van der Waals surface area contributed by atoms with E-state index in [9.17, 15) is 14.4 Å². The highest BCUT2D eigenvalue weighted by atomic mass is 16.2. The predicted octanol–water partition coefficient (Wildman–Crippen LogP) is 1.44. The van der Waals surface area contributed by atoms with Crippen LogP contribution in [0.15, 0.2) is 6.20 Å². The molecule has 0 aromatic carbocycles. The van der Waals surface area contributed by atoms with Gasteiger partial charge < -0.3 is 20.9 Å². The van der Waals surface area contributed by atoms with E-state index in [-0.39, 0.29) is 23.9 Å². The van der Waals surface area contributed by atoms with Crippen molar-refractivity contribution in [3.8, 4) is 0 Å². The van der Waals surface area contributed by atoms with Gasteiger partial charge >= 0.3 is 12.1 Å². The molecule has 1 fully saturated rings. The minimum Gasteiger partial charge on any atom is -0.352 e. The first-order valence-corrected chi connectivity index (χ1v) is 10.1. The lowest BCUT2D eigenvalue weighted by Gasteiger charge is -2.38. The Morgan fingerprint density at radius 3 is 2.46 bits per heavy atom. The molecule has 3 rings (SSSR count). The van der Waals surface area contributed by atoms with Gasteiger partial charge in [-0.3, -0.25) is 9.36 Å². The molecule has 1 saturated heterocycles. The van der Waals surface area contributed by atoms with Gasteiger partial charge in [-0.15, -0.1) is 0 Å². The van der Waals surface area contributed by atoms with E-state index >= 15 is 0 Å². The Kier molecular flexibility index (Phi) is 5.90. The number of fused-ring (bicyclic) bond motifs is 1. The number of nitrogens with one attached hydrogen (secondary N) is 1. The van der Waals surface area contributed by atoms with E-state index in [0.717, 1.165) is 31.4 Å². The third-order valence-corrected chi connectivity index (χ3v) is 6.08. The second-order valence-electron chi connectivity index (χ2n) is 7.66. The summed E-state index contributed by atoms with van der Waals surface area (Å²) in [6, 6.07) is -1.19. The van der Waals surface area contributed by atoms with Crippen molar-refractivity contribution in [1.29, 1.82) is 0 Å². The maximum absolute atomic E-state index is 13.0. The molecule has 1 aromatic rings. The number of carbonyl (C=O) groups excluding carboxylic acids is 3. The first-order valence-electron chi connectivity index (χ1n) is 10.1. The molecule has 0 bridgehead atoms. The number of rotatable bonds is 6. The highest BCUT2D eigenvalue weighted by molar-refractivity contribution is 5.87. The Hall–Kier alpha value is -2.58. The minimum atomic E-state index is -0.673. The normalized spacial score (nSPS) is 18.5. The van der Waals surface area contributed by atoms with Gasteiger partial charge in [0.25, 0.3) is 0 Å². The van der Waals surface area contributed by atoms with Crippen LogP contribution in [-0.4, -0.2) is 62.5 Å². The standard InChI is InChI=1S/C19H30N6O3/c1-4-13(5-2)16(22-18(20)27)17(26)23-8-6-14(7-9-23)24-11-15-10-21-12(3)25(15)19(24)28/h10,13-14,16H,4-9,11H2,1-3H3,(H3,20,22,27). The van der Waals surface area contributed by atoms with Gasteiger partial charge in [0.2, 0.25) is 5.91 Å². The van der Waals surface area contributed by atoms with Crippen LogP contribution >= 0.6 is 0 Å². The fourth-order valence-corrected chi connectivity index (χ4v) is 4.41. The predicted molar refractivity (Wildman–Crippen MR) is 103 cm³/mol. The number of urea groups is 1. The Morgan fingerprint density at radius 2 is 1.93 bits per heavy atom. The molecule has 0 spiro atoms. The average molecular weight is 390 g/mol. The fourth-order valence-electron chi connectivity index (χ4n) is 4.41. The summed E-state index contributed by atoms with van der Waals surface area (Å²) < 4.78 is 1.66. The molecule has 2 aliphatic rings. The summed E-state index contributed by atoms with van der Waals surface area (Å²) >= 11 is 0. The Morgan fingerprint density at radius 1 is 1.29 bits per heavy atom. The van der Waals surface area contributed by atoms with Crippen molar-refractivity contribution in [3.63, 3.8) is 0 Å². The van der Waals surface area contributed by atoms with Crippen molar-refractivity contribution in [2.45, 2.75) is 65.1 Å². The van der Waals surface area contributed by atoms with Crippen LogP contribution in [0.5, 0.6) is 0 Å². The van der Waals surface area contributed by atoms with Crippen molar-refractivity contribution >= 4 is 18.0 Å². The molecular formula is C19H30N6O3. The zero-order valence-corrected chi connectivity index (χ0v) is 16.9. The third-order valence-electron chi connectivity index (χ3n) is 6.08. The van der Waals surface area contributed by atoms with Crippen LogP contribution in [0.3, 0.4) is 0 Å². The third kappa shape index (κ3) is 3.70. The van der Waals surface area contributed by atoms with Crippen molar-refractivity contribution in [1.82, 2.24) is 24.7 Å². The molecular weight excluding hydrogens is 360 g/mol. The average Bonchev–Trinajstić information content (AvgIpc) is 3.21. The van der Waals surface area contributed by atoms with E-state index in [4.69, 9.17) is 5.73 Å². The maximum Gasteiger partial charge on any atom is 0.330 e. The number of likely N-dealkylation sites (tertiary alicyclic amines) is 1. The van der Waals surface area contributed by atoms with Crippen LogP contribution in [0.1, 0.15) is 51.0 Å². The lowest BCUT2D eigenvalue weighted by molar-refractivity contribution is -0.136. The molecule has 9 nitrogen and oxygen atoms in total. The molecule has 3 N–H and O–H groups in total. The SMILES string of the molecule is CCC(CC)C(NC(N)=O)C(=O)N1CCC(N2Cc3cnc(C)n3C2=O)CC1. The number of amides is 4. The van der Waals surface area contributed by atoms with Gasteiger partial charge in [-0.2, -0.15) is 0 Å². The number of nitrogens with two attached hydrogens (primary N) is 1. The van der Waals surface area contributed by atoms with Crippen LogP contribution in [-0.2, 0) is 11.3 Å². The summed E-state index contributed by atoms with van der Waals surface area (Å²) in [6.07, 6.45) is 4.78. The van der Waals surface area contributed by atoms with E-state index in [2.05, 4.69) is 10.3 Å². The molecule has 2 aliphatic heterocycles. The lowest BCUT2D eigenvalue weighted by atomic mass is 9.92. The smallest absolute Gasteiger partial charge is 0.330 e. The number of piperidine rings is 1. The Bertz CT molecular complexity index is 749. The fraction of sp³-hybridized carbons (Fsp3) is 0.684. The van der Waals surface area contributed by atoms with Crippen molar-refractivity contribution in [2.24, 2.45) is 11.7 Å². The van der Waals surface area contributed by atoms with E-state index in [0.29, 0.717) is 25.5 Å². The van der Waals surface area contributed by atoms with Gasteiger partial charge in [0, 0.05) is 19.1 Å². The highest BCUT2D eigenvalue weighted by Crippen LogP contribution is 2.26. The van der Waals surface area contributed by atoms with E-state index < -0.39 is 12.1 Å². The molecule has 1 unspecified atom stereocenters. The number of aromatic nitrogens is 2. The van der Waals surface area contributed by atoms with E-state index in [1.54, 1.807) is 15.7 Å². The molecule has 154 valence electrons. The van der Waals surface area contributed by atoms with E-state index in [1.165, 1.54) is 0 Å². The molecule has 0 radical (unpaired) electrons. The van der Waals surface area contributed by atoms with Crippen molar-refractivity contribution < 1.29 is 14.4 Å².